The van der Waals surface area contributed by atoms with Crippen LogP contribution in [0.15, 0.2) is 24.3 Å². The molecule has 0 N–H and O–H groups in total. The summed E-state index contributed by atoms with van der Waals surface area (Å²) >= 11 is 8.07. The molecule has 1 aliphatic rings. The van der Waals surface area contributed by atoms with E-state index in [0.29, 0.717) is 11.9 Å². The van der Waals surface area contributed by atoms with Gasteiger partial charge in [-0.3, -0.25) is 0 Å². The fraction of sp³-hybridized carbons (Fsp3) is 0.462. The first kappa shape index (κ1) is 11.4. The molecule has 17 heavy (non-hydrogen) atoms. The van der Waals surface area contributed by atoms with Crippen LogP contribution in [-0.4, -0.2) is 21.1 Å². The van der Waals surface area contributed by atoms with Crippen molar-refractivity contribution in [3.05, 3.63) is 30.1 Å². The summed E-state index contributed by atoms with van der Waals surface area (Å²) < 4.78 is 2.36. The molecule has 1 fully saturated rings. The van der Waals surface area contributed by atoms with E-state index in [9.17, 15) is 0 Å². The molecule has 0 bridgehead atoms. The van der Waals surface area contributed by atoms with Gasteiger partial charge in [0, 0.05) is 11.8 Å². The monoisotopic (exact) mass is 266 g/mol. The van der Waals surface area contributed by atoms with E-state index in [4.69, 9.17) is 11.6 Å². The quantitative estimate of drug-likeness (QED) is 0.769. The number of fused-ring (bicyclic) bond motifs is 1. The molecule has 0 saturated carbocycles. The SMILES string of the molecule is ClCc1nc2ccccc2n1C1CCCSC1. The molecule has 0 spiro atoms. The van der Waals surface area contributed by atoms with Crippen molar-refractivity contribution < 1.29 is 0 Å². The Morgan fingerprint density at radius 1 is 1.41 bits per heavy atom. The molecule has 2 nitrogen and oxygen atoms in total. The maximum absolute atomic E-state index is 6.03. The number of para-hydroxylation sites is 2. The fourth-order valence-corrected chi connectivity index (χ4v) is 3.84. The zero-order valence-corrected chi connectivity index (χ0v) is 11.2. The first-order valence-corrected chi connectivity index (χ1v) is 7.68. The summed E-state index contributed by atoms with van der Waals surface area (Å²) in [4.78, 5) is 4.63. The summed E-state index contributed by atoms with van der Waals surface area (Å²) in [6.07, 6.45) is 2.54. The van der Waals surface area contributed by atoms with Gasteiger partial charge < -0.3 is 4.57 Å². The number of nitrogens with zero attached hydrogens (tertiary/aromatic N) is 2. The van der Waals surface area contributed by atoms with Gasteiger partial charge in [-0.1, -0.05) is 12.1 Å². The van der Waals surface area contributed by atoms with Crippen molar-refractivity contribution in [2.45, 2.75) is 24.8 Å². The van der Waals surface area contributed by atoms with Crippen LogP contribution in [0.25, 0.3) is 11.0 Å². The number of imidazole rings is 1. The van der Waals surface area contributed by atoms with E-state index >= 15 is 0 Å². The van der Waals surface area contributed by atoms with Crippen LogP contribution in [0.2, 0.25) is 0 Å². The number of hydrogen-bond donors (Lipinski definition) is 0. The summed E-state index contributed by atoms with van der Waals surface area (Å²) in [5.41, 5.74) is 2.30. The lowest BCUT2D eigenvalue weighted by molar-refractivity contribution is 0.499. The van der Waals surface area contributed by atoms with Gasteiger partial charge in [0.25, 0.3) is 0 Å². The van der Waals surface area contributed by atoms with Gasteiger partial charge in [0.2, 0.25) is 0 Å². The van der Waals surface area contributed by atoms with Crippen LogP contribution in [0.1, 0.15) is 24.7 Å². The molecule has 0 aliphatic carbocycles. The second-order valence-corrected chi connectivity index (χ2v) is 5.81. The number of alkyl halides is 1. The van der Waals surface area contributed by atoms with Crippen molar-refractivity contribution in [1.82, 2.24) is 9.55 Å². The molecule has 3 rings (SSSR count). The van der Waals surface area contributed by atoms with Crippen molar-refractivity contribution in [2.75, 3.05) is 11.5 Å². The first-order valence-electron chi connectivity index (χ1n) is 5.99. The maximum Gasteiger partial charge on any atom is 0.125 e. The van der Waals surface area contributed by atoms with Crippen molar-refractivity contribution in [1.29, 1.82) is 0 Å². The van der Waals surface area contributed by atoms with Crippen LogP contribution >= 0.6 is 23.4 Å². The van der Waals surface area contributed by atoms with E-state index in [1.165, 1.54) is 29.9 Å². The predicted octanol–water partition coefficient (Wildman–Crippen LogP) is 3.84. The van der Waals surface area contributed by atoms with Crippen LogP contribution in [0.4, 0.5) is 0 Å². The molecule has 0 radical (unpaired) electrons. The third-order valence-corrected chi connectivity index (χ3v) is 4.73. The van der Waals surface area contributed by atoms with E-state index in [1.807, 2.05) is 17.8 Å². The lowest BCUT2D eigenvalue weighted by atomic mass is 10.1. The highest BCUT2D eigenvalue weighted by Crippen LogP contribution is 2.31. The molecule has 1 aliphatic heterocycles. The van der Waals surface area contributed by atoms with Gasteiger partial charge in [0.15, 0.2) is 0 Å². The Kier molecular flexibility index (Phi) is 3.30. The minimum atomic E-state index is 0.496. The normalized spacial score (nSPS) is 20.9. The van der Waals surface area contributed by atoms with Crippen LogP contribution in [0, 0.1) is 0 Å². The molecule has 2 aromatic rings. The molecule has 1 saturated heterocycles. The largest absolute Gasteiger partial charge is 0.323 e. The molecular weight excluding hydrogens is 252 g/mol. The summed E-state index contributed by atoms with van der Waals surface area (Å²) in [6.45, 7) is 0. The molecule has 2 heterocycles. The Hall–Kier alpha value is -0.670. The van der Waals surface area contributed by atoms with E-state index in [-0.39, 0.29) is 0 Å². The van der Waals surface area contributed by atoms with Crippen molar-refractivity contribution in [3.63, 3.8) is 0 Å². The summed E-state index contributed by atoms with van der Waals surface area (Å²) in [7, 11) is 0. The maximum atomic E-state index is 6.03. The first-order chi connectivity index (χ1) is 8.40. The number of hydrogen-bond acceptors (Lipinski definition) is 2. The third-order valence-electron chi connectivity index (χ3n) is 3.29. The van der Waals surface area contributed by atoms with E-state index < -0.39 is 0 Å². The van der Waals surface area contributed by atoms with Gasteiger partial charge >= 0.3 is 0 Å². The van der Waals surface area contributed by atoms with Crippen molar-refractivity contribution >= 4 is 34.4 Å². The predicted molar refractivity (Wildman–Crippen MR) is 74.9 cm³/mol. The molecule has 0 amide bonds. The number of halogens is 1. The van der Waals surface area contributed by atoms with Crippen molar-refractivity contribution in [2.24, 2.45) is 0 Å². The van der Waals surface area contributed by atoms with Crippen LogP contribution in [-0.2, 0) is 5.88 Å². The second kappa shape index (κ2) is 4.91. The minimum absolute atomic E-state index is 0.496. The molecule has 1 aromatic carbocycles. The lowest BCUT2D eigenvalue weighted by Gasteiger charge is -2.24. The zero-order valence-electron chi connectivity index (χ0n) is 9.60. The van der Waals surface area contributed by atoms with Gasteiger partial charge in [0.1, 0.15) is 5.82 Å². The Morgan fingerprint density at radius 3 is 3.06 bits per heavy atom. The topological polar surface area (TPSA) is 17.8 Å². The summed E-state index contributed by atoms with van der Waals surface area (Å²) in [6, 6.07) is 8.90. The Labute approximate surface area is 110 Å². The molecule has 4 heteroatoms. The van der Waals surface area contributed by atoms with E-state index in [1.54, 1.807) is 0 Å². The summed E-state index contributed by atoms with van der Waals surface area (Å²) in [5.74, 6) is 3.99. The Morgan fingerprint density at radius 2 is 2.29 bits per heavy atom. The average molecular weight is 267 g/mol. The Balaban J connectivity index is 2.11. The number of thioether (sulfide) groups is 1. The second-order valence-electron chi connectivity index (χ2n) is 4.39. The highest BCUT2D eigenvalue weighted by Gasteiger charge is 2.20. The standard InChI is InChI=1S/C13H15ClN2S/c14-8-13-15-11-5-1-2-6-12(11)16(13)10-4-3-7-17-9-10/h1-2,5-6,10H,3-4,7-9H2. The molecule has 90 valence electrons. The highest BCUT2D eigenvalue weighted by molar-refractivity contribution is 7.99. The average Bonchev–Trinajstić information content (AvgIpc) is 2.78. The summed E-state index contributed by atoms with van der Waals surface area (Å²) in [5, 5.41) is 0. The zero-order chi connectivity index (χ0) is 11.7. The van der Waals surface area contributed by atoms with Gasteiger partial charge in [-0.2, -0.15) is 11.8 Å². The molecule has 1 atom stereocenters. The molecule has 1 unspecified atom stereocenters. The molecule has 1 aromatic heterocycles. The smallest absolute Gasteiger partial charge is 0.125 e. The van der Waals surface area contributed by atoms with Gasteiger partial charge in [-0.15, -0.1) is 11.6 Å². The highest BCUT2D eigenvalue weighted by atomic mass is 35.5. The lowest BCUT2D eigenvalue weighted by Crippen LogP contribution is -2.17. The number of aromatic nitrogens is 2. The van der Waals surface area contributed by atoms with Crippen LogP contribution in [0.5, 0.6) is 0 Å². The molecular formula is C13H15ClN2S. The third kappa shape index (κ3) is 2.06. The van der Waals surface area contributed by atoms with Gasteiger partial charge in [0.05, 0.1) is 16.9 Å². The van der Waals surface area contributed by atoms with Crippen molar-refractivity contribution in [3.8, 4) is 0 Å². The van der Waals surface area contributed by atoms with Crippen LogP contribution < -0.4 is 0 Å². The fourth-order valence-electron chi connectivity index (χ4n) is 2.52. The van der Waals surface area contributed by atoms with Crippen LogP contribution in [0.3, 0.4) is 0 Å². The number of benzene rings is 1. The number of rotatable bonds is 2. The van der Waals surface area contributed by atoms with E-state index in [2.05, 4.69) is 27.8 Å². The van der Waals surface area contributed by atoms with Gasteiger partial charge in [-0.25, -0.2) is 4.98 Å². The van der Waals surface area contributed by atoms with Gasteiger partial charge in [-0.05, 0) is 30.7 Å². The van der Waals surface area contributed by atoms with E-state index in [0.717, 1.165) is 11.3 Å². The Bertz CT molecular complexity index is 517. The minimum Gasteiger partial charge on any atom is -0.323 e.